The lowest BCUT2D eigenvalue weighted by Crippen LogP contribution is -2.48. The quantitative estimate of drug-likeness (QED) is 0.554. The molecule has 1 aliphatic rings. The Morgan fingerprint density at radius 1 is 1.30 bits per heavy atom. The van der Waals surface area contributed by atoms with Crippen LogP contribution in [-0.4, -0.2) is 33.9 Å². The van der Waals surface area contributed by atoms with Gasteiger partial charge in [0.15, 0.2) is 0 Å². The van der Waals surface area contributed by atoms with Gasteiger partial charge in [0.1, 0.15) is 34.6 Å². The number of anilines is 2. The normalized spacial score (nSPS) is 18.0. The molecule has 0 atom stereocenters. The topological polar surface area (TPSA) is 119 Å². The zero-order valence-electron chi connectivity index (χ0n) is 16.4. The third kappa shape index (κ3) is 3.90. The number of nitrogens with one attached hydrogen (secondary N) is 2. The Balaban J connectivity index is 1.60. The number of primary amides is 1. The zero-order valence-corrected chi connectivity index (χ0v) is 17.2. The molecule has 4 N–H and O–H groups in total. The third-order valence-electron chi connectivity index (χ3n) is 4.94. The van der Waals surface area contributed by atoms with Gasteiger partial charge in [-0.15, -0.1) is 11.3 Å². The summed E-state index contributed by atoms with van der Waals surface area (Å²) in [6.07, 6.45) is 2.57. The minimum absolute atomic E-state index is 0.0691. The maximum atomic E-state index is 13.9. The van der Waals surface area contributed by atoms with Gasteiger partial charge in [0.2, 0.25) is 5.91 Å². The number of amides is 2. The number of benzene rings is 1. The van der Waals surface area contributed by atoms with E-state index in [1.165, 1.54) is 36.7 Å². The van der Waals surface area contributed by atoms with Crippen LogP contribution in [0.3, 0.4) is 0 Å². The van der Waals surface area contributed by atoms with Crippen LogP contribution in [0.5, 0.6) is 5.75 Å². The highest BCUT2D eigenvalue weighted by atomic mass is 32.1. The lowest BCUT2D eigenvalue weighted by molar-refractivity contribution is -0.120. The second kappa shape index (κ2) is 7.86. The van der Waals surface area contributed by atoms with E-state index in [0.29, 0.717) is 50.8 Å². The highest BCUT2D eigenvalue weighted by Crippen LogP contribution is 2.37. The highest BCUT2D eigenvalue weighted by molar-refractivity contribution is 7.20. The summed E-state index contributed by atoms with van der Waals surface area (Å²) in [6.45, 7) is 3.26. The molecule has 4 rings (SSSR count). The van der Waals surface area contributed by atoms with Crippen LogP contribution in [0.4, 0.5) is 15.9 Å². The number of nitrogens with two attached hydrogens (primary N) is 1. The summed E-state index contributed by atoms with van der Waals surface area (Å²) in [4.78, 5) is 32.4. The summed E-state index contributed by atoms with van der Waals surface area (Å²) in [5.41, 5.74) is 6.68. The van der Waals surface area contributed by atoms with Crippen LogP contribution in [0, 0.1) is 12.7 Å². The van der Waals surface area contributed by atoms with E-state index < -0.39 is 11.7 Å². The van der Waals surface area contributed by atoms with Gasteiger partial charge in [0.25, 0.3) is 5.91 Å². The van der Waals surface area contributed by atoms with E-state index in [1.54, 1.807) is 13.0 Å². The van der Waals surface area contributed by atoms with Gasteiger partial charge in [0.05, 0.1) is 16.0 Å². The molecule has 2 aromatic heterocycles. The summed E-state index contributed by atoms with van der Waals surface area (Å²) < 4.78 is 19.8. The molecule has 0 bridgehead atoms. The maximum absolute atomic E-state index is 13.9. The van der Waals surface area contributed by atoms with Crippen molar-refractivity contribution >= 4 is 44.9 Å². The molecular weight excluding hydrogens is 409 g/mol. The molecule has 2 heterocycles. The SMILES string of the molecule is CC(=O)N[C@H]1C[C@H](Oc2cc(F)ccc2Nc2ncnc3sc(C(N)=O)c(C)c23)C1. The minimum Gasteiger partial charge on any atom is -0.488 e. The molecule has 8 nitrogen and oxygen atoms in total. The van der Waals surface area contributed by atoms with Crippen LogP contribution in [0.2, 0.25) is 0 Å². The molecule has 1 fully saturated rings. The van der Waals surface area contributed by atoms with E-state index >= 15 is 0 Å². The number of fused-ring (bicyclic) bond motifs is 1. The van der Waals surface area contributed by atoms with E-state index in [0.717, 1.165) is 0 Å². The van der Waals surface area contributed by atoms with Crippen LogP contribution in [0.1, 0.15) is 35.0 Å². The summed E-state index contributed by atoms with van der Waals surface area (Å²) in [5, 5.41) is 6.69. The van der Waals surface area contributed by atoms with Crippen molar-refractivity contribution < 1.29 is 18.7 Å². The first-order chi connectivity index (χ1) is 14.3. The van der Waals surface area contributed by atoms with Gasteiger partial charge in [-0.05, 0) is 24.6 Å². The molecule has 3 aromatic rings. The summed E-state index contributed by atoms with van der Waals surface area (Å²) >= 11 is 1.20. The Morgan fingerprint density at radius 2 is 2.07 bits per heavy atom. The Morgan fingerprint density at radius 3 is 2.77 bits per heavy atom. The van der Waals surface area contributed by atoms with E-state index in [1.807, 2.05) is 0 Å². The lowest BCUT2D eigenvalue weighted by Gasteiger charge is -2.36. The zero-order chi connectivity index (χ0) is 21.4. The van der Waals surface area contributed by atoms with Crippen molar-refractivity contribution in [2.75, 3.05) is 5.32 Å². The minimum atomic E-state index is -0.522. The van der Waals surface area contributed by atoms with Crippen molar-refractivity contribution in [3.8, 4) is 5.75 Å². The average molecular weight is 429 g/mol. The number of nitrogens with zero attached hydrogens (tertiary/aromatic N) is 2. The van der Waals surface area contributed by atoms with Crippen molar-refractivity contribution in [2.45, 2.75) is 38.8 Å². The van der Waals surface area contributed by atoms with Gasteiger partial charge in [-0.2, -0.15) is 0 Å². The van der Waals surface area contributed by atoms with Gasteiger partial charge in [-0.3, -0.25) is 9.59 Å². The third-order valence-corrected chi connectivity index (χ3v) is 6.16. The first kappa shape index (κ1) is 20.0. The number of aryl methyl sites for hydroxylation is 1. The molecule has 10 heteroatoms. The van der Waals surface area contributed by atoms with Crippen LogP contribution < -0.4 is 21.1 Å². The monoisotopic (exact) mass is 429 g/mol. The van der Waals surface area contributed by atoms with Crippen LogP contribution >= 0.6 is 11.3 Å². The van der Waals surface area contributed by atoms with Crippen molar-refractivity contribution in [2.24, 2.45) is 5.73 Å². The number of hydrogen-bond donors (Lipinski definition) is 3. The smallest absolute Gasteiger partial charge is 0.259 e. The Labute approximate surface area is 175 Å². The Bertz CT molecular complexity index is 1140. The van der Waals surface area contributed by atoms with Crippen LogP contribution in [-0.2, 0) is 4.79 Å². The van der Waals surface area contributed by atoms with Gasteiger partial charge in [-0.25, -0.2) is 14.4 Å². The van der Waals surface area contributed by atoms with Crippen molar-refractivity contribution in [1.29, 1.82) is 0 Å². The first-order valence-electron chi connectivity index (χ1n) is 9.36. The van der Waals surface area contributed by atoms with Crippen LogP contribution in [0.25, 0.3) is 10.2 Å². The number of aromatic nitrogens is 2. The number of thiophene rings is 1. The van der Waals surface area contributed by atoms with Gasteiger partial charge in [0, 0.05) is 31.9 Å². The Kier molecular flexibility index (Phi) is 5.25. The van der Waals surface area contributed by atoms with Gasteiger partial charge in [-0.1, -0.05) is 0 Å². The molecule has 0 spiro atoms. The first-order valence-corrected chi connectivity index (χ1v) is 10.2. The number of carbonyl (C=O) groups excluding carboxylic acids is 2. The summed E-state index contributed by atoms with van der Waals surface area (Å²) in [7, 11) is 0. The molecule has 1 saturated carbocycles. The molecular formula is C20H20FN5O3S. The van der Waals surface area contributed by atoms with E-state index in [2.05, 4.69) is 20.6 Å². The number of hydrogen-bond acceptors (Lipinski definition) is 7. The van der Waals surface area contributed by atoms with Crippen molar-refractivity contribution in [1.82, 2.24) is 15.3 Å². The van der Waals surface area contributed by atoms with Crippen molar-refractivity contribution in [3.05, 3.63) is 40.8 Å². The molecule has 0 unspecified atom stereocenters. The molecule has 0 aliphatic heterocycles. The Hall–Kier alpha value is -3.27. The van der Waals surface area contributed by atoms with E-state index in [4.69, 9.17) is 10.5 Å². The predicted molar refractivity (Wildman–Crippen MR) is 112 cm³/mol. The van der Waals surface area contributed by atoms with E-state index in [-0.39, 0.29) is 18.1 Å². The molecule has 2 amide bonds. The van der Waals surface area contributed by atoms with Crippen molar-refractivity contribution in [3.63, 3.8) is 0 Å². The number of ether oxygens (including phenoxy) is 1. The lowest BCUT2D eigenvalue weighted by atomic mass is 9.89. The van der Waals surface area contributed by atoms with Crippen LogP contribution in [0.15, 0.2) is 24.5 Å². The molecule has 0 saturated heterocycles. The largest absolute Gasteiger partial charge is 0.488 e. The molecule has 156 valence electrons. The predicted octanol–water partition coefficient (Wildman–Crippen LogP) is 3.03. The highest BCUT2D eigenvalue weighted by Gasteiger charge is 2.32. The fraction of sp³-hybridized carbons (Fsp3) is 0.300. The molecule has 30 heavy (non-hydrogen) atoms. The standard InChI is InChI=1S/C20H20FN5O3S/c1-9-16-19(23-8-24-20(16)30-17(9)18(22)28)26-14-4-3-11(21)5-15(14)29-13-6-12(7-13)25-10(2)27/h3-5,8,12-13H,6-7H2,1-2H3,(H2,22,28)(H,25,27)(H,23,24,26)/t12-,13-. The fourth-order valence-electron chi connectivity index (χ4n) is 3.47. The average Bonchev–Trinajstić information content (AvgIpc) is 3.00. The van der Waals surface area contributed by atoms with Gasteiger partial charge < -0.3 is 21.1 Å². The van der Waals surface area contributed by atoms with Gasteiger partial charge >= 0.3 is 0 Å². The molecule has 1 aromatic carbocycles. The second-order valence-corrected chi connectivity index (χ2v) is 8.20. The molecule has 1 aliphatic carbocycles. The van der Waals surface area contributed by atoms with E-state index in [9.17, 15) is 14.0 Å². The maximum Gasteiger partial charge on any atom is 0.259 e. The molecule has 0 radical (unpaired) electrons. The fourth-order valence-corrected chi connectivity index (χ4v) is 4.47. The second-order valence-electron chi connectivity index (χ2n) is 7.20. The number of halogens is 1. The summed E-state index contributed by atoms with van der Waals surface area (Å²) in [5.74, 6) is -0.214. The number of carbonyl (C=O) groups is 2. The number of rotatable bonds is 6. The summed E-state index contributed by atoms with van der Waals surface area (Å²) in [6, 6.07) is 4.27.